The highest BCUT2D eigenvalue weighted by Gasteiger charge is 2.23. The van der Waals surface area contributed by atoms with Gasteiger partial charge in [-0.2, -0.15) is 0 Å². The molecule has 2 N–H and O–H groups in total. The van der Waals surface area contributed by atoms with Gasteiger partial charge in [-0.25, -0.2) is 0 Å². The largest absolute Gasteiger partial charge is 0.480 e. The molecule has 2 atom stereocenters. The number of benzene rings is 1. The molecule has 0 heterocycles. The summed E-state index contributed by atoms with van der Waals surface area (Å²) in [6, 6.07) is 9.13. The van der Waals surface area contributed by atoms with Crippen molar-refractivity contribution in [2.45, 2.75) is 17.9 Å². The number of carbonyl (C=O) groups is 1. The van der Waals surface area contributed by atoms with E-state index >= 15 is 0 Å². The third-order valence-electron chi connectivity index (χ3n) is 1.86. The third kappa shape index (κ3) is 3.01. The van der Waals surface area contributed by atoms with E-state index in [0.717, 1.165) is 5.56 Å². The lowest BCUT2D eigenvalue weighted by Crippen LogP contribution is -2.30. The number of aliphatic carboxylic acids is 1. The molecule has 0 radical (unpaired) electrons. The van der Waals surface area contributed by atoms with Crippen LogP contribution >= 0.6 is 11.6 Å². The number of carboxylic acid groups (broad SMARTS) is 1. The van der Waals surface area contributed by atoms with Gasteiger partial charge in [-0.15, -0.1) is 11.6 Å². The van der Waals surface area contributed by atoms with Crippen LogP contribution in [0.15, 0.2) is 30.3 Å². The Bertz CT molecular complexity index is 299. The van der Waals surface area contributed by atoms with Crippen LogP contribution in [0.3, 0.4) is 0 Å². The van der Waals surface area contributed by atoms with Crippen LogP contribution < -0.4 is 0 Å². The lowest BCUT2D eigenvalue weighted by molar-refractivity contribution is -0.138. The van der Waals surface area contributed by atoms with Gasteiger partial charge in [-0.05, 0) is 5.56 Å². The molecule has 2 unspecified atom stereocenters. The zero-order valence-electron chi connectivity index (χ0n) is 7.43. The van der Waals surface area contributed by atoms with E-state index in [4.69, 9.17) is 16.7 Å². The normalized spacial score (nSPS) is 14.7. The molecule has 0 aromatic heterocycles. The number of alkyl halides is 1. The molecule has 14 heavy (non-hydrogen) atoms. The predicted octanol–water partition coefficient (Wildman–Crippen LogP) is 1.28. The molecule has 0 aliphatic carbocycles. The molecule has 0 amide bonds. The van der Waals surface area contributed by atoms with Gasteiger partial charge in [0.2, 0.25) is 0 Å². The maximum Gasteiger partial charge on any atom is 0.324 e. The summed E-state index contributed by atoms with van der Waals surface area (Å²) < 4.78 is 0. The highest BCUT2D eigenvalue weighted by atomic mass is 35.5. The first-order valence-electron chi connectivity index (χ1n) is 4.20. The number of aliphatic hydroxyl groups is 1. The van der Waals surface area contributed by atoms with Gasteiger partial charge in [-0.1, -0.05) is 30.3 Å². The molecule has 1 rings (SSSR count). The van der Waals surface area contributed by atoms with Crippen LogP contribution in [0.5, 0.6) is 0 Å². The Morgan fingerprint density at radius 2 is 1.93 bits per heavy atom. The van der Waals surface area contributed by atoms with Gasteiger partial charge in [0.25, 0.3) is 0 Å². The Morgan fingerprint density at radius 3 is 2.43 bits per heavy atom. The van der Waals surface area contributed by atoms with E-state index < -0.39 is 17.5 Å². The second kappa shape index (κ2) is 4.98. The fourth-order valence-electron chi connectivity index (χ4n) is 1.12. The molecule has 4 heteroatoms. The second-order valence-electron chi connectivity index (χ2n) is 3.00. The van der Waals surface area contributed by atoms with Crippen LogP contribution in [-0.2, 0) is 11.2 Å². The number of rotatable bonds is 4. The van der Waals surface area contributed by atoms with E-state index in [-0.39, 0.29) is 6.42 Å². The van der Waals surface area contributed by atoms with Crippen LogP contribution in [0, 0.1) is 0 Å². The number of carboxylic acids is 1. The van der Waals surface area contributed by atoms with Gasteiger partial charge in [-0.3, -0.25) is 4.79 Å². The molecule has 3 nitrogen and oxygen atoms in total. The molecule has 0 aliphatic heterocycles. The summed E-state index contributed by atoms with van der Waals surface area (Å²) in [4.78, 5) is 10.4. The first-order chi connectivity index (χ1) is 6.61. The Hall–Kier alpha value is -1.06. The van der Waals surface area contributed by atoms with Crippen molar-refractivity contribution in [1.29, 1.82) is 0 Å². The lowest BCUT2D eigenvalue weighted by Gasteiger charge is -2.12. The molecule has 0 bridgehead atoms. The minimum absolute atomic E-state index is 0.251. The van der Waals surface area contributed by atoms with Crippen molar-refractivity contribution in [3.63, 3.8) is 0 Å². The molecule has 0 saturated heterocycles. The molecule has 1 aromatic rings. The molecular weight excluding hydrogens is 204 g/mol. The fourth-order valence-corrected chi connectivity index (χ4v) is 1.21. The molecule has 0 saturated carbocycles. The van der Waals surface area contributed by atoms with Crippen LogP contribution in [0.2, 0.25) is 0 Å². The lowest BCUT2D eigenvalue weighted by atomic mass is 10.1. The van der Waals surface area contributed by atoms with Crippen molar-refractivity contribution in [2.24, 2.45) is 0 Å². The predicted molar refractivity (Wildman–Crippen MR) is 53.4 cm³/mol. The van der Waals surface area contributed by atoms with Gasteiger partial charge in [0.1, 0.15) is 0 Å². The van der Waals surface area contributed by atoms with Crippen LogP contribution in [0.4, 0.5) is 0 Å². The number of aliphatic hydroxyl groups excluding tert-OH is 1. The minimum Gasteiger partial charge on any atom is -0.480 e. The van der Waals surface area contributed by atoms with Crippen molar-refractivity contribution < 1.29 is 15.0 Å². The standard InChI is InChI=1S/C10H11ClO3/c11-9(10(13)14)8(12)6-7-4-2-1-3-5-7/h1-5,8-9,12H,6H2,(H,13,14). The van der Waals surface area contributed by atoms with E-state index in [0.29, 0.717) is 0 Å². The number of hydrogen-bond donors (Lipinski definition) is 2. The highest BCUT2D eigenvalue weighted by molar-refractivity contribution is 6.30. The zero-order valence-corrected chi connectivity index (χ0v) is 8.19. The Balaban J connectivity index is 2.57. The molecule has 0 fully saturated rings. The van der Waals surface area contributed by atoms with E-state index in [1.807, 2.05) is 30.3 Å². The van der Waals surface area contributed by atoms with Gasteiger partial charge in [0, 0.05) is 6.42 Å². The zero-order chi connectivity index (χ0) is 10.6. The smallest absolute Gasteiger partial charge is 0.324 e. The Kier molecular flexibility index (Phi) is 3.92. The van der Waals surface area contributed by atoms with Crippen molar-refractivity contribution in [3.05, 3.63) is 35.9 Å². The van der Waals surface area contributed by atoms with E-state index in [2.05, 4.69) is 0 Å². The summed E-state index contributed by atoms with van der Waals surface area (Å²) in [6.07, 6.45) is -0.807. The summed E-state index contributed by atoms with van der Waals surface area (Å²) in [6.45, 7) is 0. The average Bonchev–Trinajstić information content (AvgIpc) is 2.18. The number of hydrogen-bond acceptors (Lipinski definition) is 2. The SMILES string of the molecule is O=C(O)C(Cl)C(O)Cc1ccccc1. The van der Waals surface area contributed by atoms with Gasteiger partial charge < -0.3 is 10.2 Å². The van der Waals surface area contributed by atoms with Crippen LogP contribution in [0.1, 0.15) is 5.56 Å². The van der Waals surface area contributed by atoms with Crippen molar-refractivity contribution in [1.82, 2.24) is 0 Å². The fraction of sp³-hybridized carbons (Fsp3) is 0.300. The highest BCUT2D eigenvalue weighted by Crippen LogP contribution is 2.10. The van der Waals surface area contributed by atoms with E-state index in [9.17, 15) is 9.90 Å². The van der Waals surface area contributed by atoms with E-state index in [1.165, 1.54) is 0 Å². The summed E-state index contributed by atoms with van der Waals surface area (Å²) in [5.74, 6) is -1.20. The van der Waals surface area contributed by atoms with Gasteiger partial charge in [0.05, 0.1) is 6.10 Å². The average molecular weight is 215 g/mol. The second-order valence-corrected chi connectivity index (χ2v) is 3.47. The Labute approximate surface area is 86.9 Å². The first-order valence-corrected chi connectivity index (χ1v) is 4.64. The summed E-state index contributed by atoms with van der Waals surface area (Å²) in [5, 5.41) is 16.7. The molecule has 0 aliphatic rings. The third-order valence-corrected chi connectivity index (χ3v) is 2.34. The first kappa shape index (κ1) is 11.0. The van der Waals surface area contributed by atoms with Crippen molar-refractivity contribution >= 4 is 17.6 Å². The van der Waals surface area contributed by atoms with Crippen molar-refractivity contribution in [3.8, 4) is 0 Å². The minimum atomic E-state index is -1.25. The van der Waals surface area contributed by atoms with Gasteiger partial charge >= 0.3 is 5.97 Å². The van der Waals surface area contributed by atoms with Crippen LogP contribution in [-0.4, -0.2) is 27.7 Å². The molecule has 1 aromatic carbocycles. The summed E-state index contributed by atoms with van der Waals surface area (Å²) in [7, 11) is 0. The Morgan fingerprint density at radius 1 is 1.36 bits per heavy atom. The molecule has 0 spiro atoms. The summed E-state index contributed by atoms with van der Waals surface area (Å²) >= 11 is 5.47. The van der Waals surface area contributed by atoms with Crippen molar-refractivity contribution in [2.75, 3.05) is 0 Å². The quantitative estimate of drug-likeness (QED) is 0.743. The topological polar surface area (TPSA) is 57.5 Å². The van der Waals surface area contributed by atoms with E-state index in [1.54, 1.807) is 0 Å². The summed E-state index contributed by atoms with van der Waals surface area (Å²) in [5.41, 5.74) is 0.868. The molecular formula is C10H11ClO3. The molecule has 76 valence electrons. The maximum absolute atomic E-state index is 10.4. The van der Waals surface area contributed by atoms with Crippen LogP contribution in [0.25, 0.3) is 0 Å². The maximum atomic E-state index is 10.4. The number of halogens is 1. The monoisotopic (exact) mass is 214 g/mol. The van der Waals surface area contributed by atoms with Gasteiger partial charge in [0.15, 0.2) is 5.38 Å².